The lowest BCUT2D eigenvalue weighted by atomic mass is 10.1. The molecule has 156 valence electrons. The summed E-state index contributed by atoms with van der Waals surface area (Å²) in [5.41, 5.74) is 1.23. The van der Waals surface area contributed by atoms with E-state index < -0.39 is 5.97 Å². The van der Waals surface area contributed by atoms with Gasteiger partial charge in [-0.3, -0.25) is 4.79 Å². The molecule has 1 aromatic heterocycles. The maximum atomic E-state index is 12.5. The fourth-order valence-corrected chi connectivity index (χ4v) is 3.71. The number of methoxy groups -OCH3 is 1. The highest BCUT2D eigenvalue weighted by Crippen LogP contribution is 2.28. The highest BCUT2D eigenvalue weighted by molar-refractivity contribution is 7.10. The van der Waals surface area contributed by atoms with Gasteiger partial charge >= 0.3 is 5.97 Å². The summed E-state index contributed by atoms with van der Waals surface area (Å²) >= 11 is 1.55. The molecule has 1 atom stereocenters. The van der Waals surface area contributed by atoms with Crippen molar-refractivity contribution in [1.82, 2.24) is 5.32 Å². The largest absolute Gasteiger partial charge is 0.493 e. The minimum absolute atomic E-state index is 0.279. The zero-order chi connectivity index (χ0) is 21.3. The van der Waals surface area contributed by atoms with E-state index >= 15 is 0 Å². The van der Waals surface area contributed by atoms with E-state index in [0.29, 0.717) is 18.1 Å². The third-order valence-corrected chi connectivity index (χ3v) is 5.24. The maximum Gasteiger partial charge on any atom is 0.338 e. The number of hydrogen-bond donors (Lipinski definition) is 1. The third kappa shape index (κ3) is 5.39. The molecule has 0 aliphatic carbocycles. The Balaban J connectivity index is 1.64. The van der Waals surface area contributed by atoms with Crippen molar-refractivity contribution in [2.45, 2.75) is 13.0 Å². The Labute approximate surface area is 179 Å². The third-order valence-electron chi connectivity index (χ3n) is 4.30. The van der Waals surface area contributed by atoms with Gasteiger partial charge in [-0.15, -0.1) is 11.3 Å². The van der Waals surface area contributed by atoms with E-state index in [0.717, 1.165) is 10.4 Å². The van der Waals surface area contributed by atoms with Crippen molar-refractivity contribution in [3.05, 3.63) is 82.0 Å². The molecule has 0 aliphatic heterocycles. The van der Waals surface area contributed by atoms with Gasteiger partial charge in [-0.05, 0) is 42.1 Å². The van der Waals surface area contributed by atoms with Gasteiger partial charge in [0.15, 0.2) is 18.1 Å². The summed E-state index contributed by atoms with van der Waals surface area (Å²) < 4.78 is 15.9. The topological polar surface area (TPSA) is 73.9 Å². The minimum Gasteiger partial charge on any atom is -0.493 e. The Kier molecular flexibility index (Phi) is 7.45. The number of carbonyl (C=O) groups is 2. The van der Waals surface area contributed by atoms with Gasteiger partial charge in [-0.1, -0.05) is 36.4 Å². The van der Waals surface area contributed by atoms with Crippen molar-refractivity contribution in [1.29, 1.82) is 0 Å². The number of hydrogen-bond acceptors (Lipinski definition) is 6. The molecule has 3 aromatic rings. The lowest BCUT2D eigenvalue weighted by molar-refractivity contribution is -0.124. The maximum absolute atomic E-state index is 12.5. The predicted octanol–water partition coefficient (Wildman–Crippen LogP) is 4.22. The summed E-state index contributed by atoms with van der Waals surface area (Å²) in [6.07, 6.45) is 0. The lowest BCUT2D eigenvalue weighted by Crippen LogP contribution is -2.32. The van der Waals surface area contributed by atoms with Crippen molar-refractivity contribution in [3.63, 3.8) is 0 Å². The monoisotopic (exact) mass is 425 g/mol. The molecule has 2 aromatic carbocycles. The van der Waals surface area contributed by atoms with Crippen LogP contribution in [-0.2, 0) is 9.53 Å². The van der Waals surface area contributed by atoms with Gasteiger partial charge < -0.3 is 19.5 Å². The molecule has 0 spiro atoms. The Hall–Kier alpha value is -3.32. The summed E-state index contributed by atoms with van der Waals surface area (Å²) in [4.78, 5) is 25.9. The van der Waals surface area contributed by atoms with E-state index in [4.69, 9.17) is 14.2 Å². The molecular formula is C23H23NO5S. The van der Waals surface area contributed by atoms with Crippen LogP contribution in [0.1, 0.15) is 33.8 Å². The van der Waals surface area contributed by atoms with Crippen LogP contribution >= 0.6 is 11.3 Å². The van der Waals surface area contributed by atoms with Crippen molar-refractivity contribution in [2.75, 3.05) is 20.3 Å². The Morgan fingerprint density at radius 3 is 2.50 bits per heavy atom. The summed E-state index contributed by atoms with van der Waals surface area (Å²) in [7, 11) is 1.49. The number of rotatable bonds is 9. The fourth-order valence-electron chi connectivity index (χ4n) is 2.91. The van der Waals surface area contributed by atoms with Gasteiger partial charge in [0.05, 0.1) is 25.3 Å². The van der Waals surface area contributed by atoms with E-state index in [9.17, 15) is 9.59 Å². The van der Waals surface area contributed by atoms with E-state index in [1.807, 2.05) is 54.8 Å². The van der Waals surface area contributed by atoms with E-state index in [2.05, 4.69) is 5.32 Å². The van der Waals surface area contributed by atoms with Crippen LogP contribution in [-0.4, -0.2) is 32.2 Å². The van der Waals surface area contributed by atoms with Crippen LogP contribution in [0.5, 0.6) is 11.5 Å². The van der Waals surface area contributed by atoms with Gasteiger partial charge in [0.2, 0.25) is 0 Å². The Morgan fingerprint density at radius 2 is 1.83 bits per heavy atom. The number of esters is 1. The highest BCUT2D eigenvalue weighted by Gasteiger charge is 2.19. The van der Waals surface area contributed by atoms with E-state index in [-0.39, 0.29) is 24.1 Å². The first-order valence-electron chi connectivity index (χ1n) is 9.48. The molecule has 30 heavy (non-hydrogen) atoms. The average molecular weight is 426 g/mol. The van der Waals surface area contributed by atoms with Crippen LogP contribution in [0.15, 0.2) is 66.0 Å². The number of benzene rings is 2. The van der Waals surface area contributed by atoms with Crippen LogP contribution in [0, 0.1) is 0 Å². The number of amides is 1. The van der Waals surface area contributed by atoms with Gasteiger partial charge in [0.25, 0.3) is 5.91 Å². The fraction of sp³-hybridized carbons (Fsp3) is 0.217. The Morgan fingerprint density at radius 1 is 1.03 bits per heavy atom. The van der Waals surface area contributed by atoms with E-state index in [1.54, 1.807) is 23.5 Å². The molecule has 1 heterocycles. The summed E-state index contributed by atoms with van der Waals surface area (Å²) in [5.74, 6) is -0.0316. The molecule has 0 saturated heterocycles. The zero-order valence-corrected chi connectivity index (χ0v) is 17.6. The molecule has 0 bridgehead atoms. The molecule has 1 amide bonds. The average Bonchev–Trinajstić information content (AvgIpc) is 3.31. The highest BCUT2D eigenvalue weighted by atomic mass is 32.1. The van der Waals surface area contributed by atoms with Gasteiger partial charge in [-0.2, -0.15) is 0 Å². The van der Waals surface area contributed by atoms with Crippen LogP contribution in [0.4, 0.5) is 0 Å². The predicted molar refractivity (Wildman–Crippen MR) is 115 cm³/mol. The molecule has 3 rings (SSSR count). The quantitative estimate of drug-likeness (QED) is 0.520. The number of thiophene rings is 1. The van der Waals surface area contributed by atoms with Crippen molar-refractivity contribution in [3.8, 4) is 11.5 Å². The second kappa shape index (κ2) is 10.5. The molecule has 6 nitrogen and oxygen atoms in total. The molecule has 0 fully saturated rings. The molecule has 0 aliphatic rings. The summed E-state index contributed by atoms with van der Waals surface area (Å²) in [6.45, 7) is 1.95. The van der Waals surface area contributed by atoms with Crippen LogP contribution in [0.3, 0.4) is 0 Å². The molecule has 7 heteroatoms. The number of nitrogens with one attached hydrogen (secondary N) is 1. The number of carbonyl (C=O) groups excluding carboxylic acids is 2. The second-order valence-electron chi connectivity index (χ2n) is 6.30. The summed E-state index contributed by atoms with van der Waals surface area (Å²) in [5, 5.41) is 4.90. The molecule has 0 radical (unpaired) electrons. The molecule has 1 unspecified atom stereocenters. The first-order valence-corrected chi connectivity index (χ1v) is 10.4. The first-order chi connectivity index (χ1) is 14.6. The van der Waals surface area contributed by atoms with Crippen molar-refractivity contribution in [2.24, 2.45) is 0 Å². The van der Waals surface area contributed by atoms with Crippen LogP contribution in [0.2, 0.25) is 0 Å². The SMILES string of the molecule is CCOc1ccc(C(=O)OCC(=O)NC(c2ccccc2)c2cccs2)cc1OC. The van der Waals surface area contributed by atoms with Gasteiger partial charge in [-0.25, -0.2) is 4.79 Å². The zero-order valence-electron chi connectivity index (χ0n) is 16.8. The summed E-state index contributed by atoms with van der Waals surface area (Å²) in [6, 6.07) is 18.0. The van der Waals surface area contributed by atoms with Gasteiger partial charge in [0, 0.05) is 4.88 Å². The smallest absolute Gasteiger partial charge is 0.338 e. The molecular weight excluding hydrogens is 402 g/mol. The van der Waals surface area contributed by atoms with Gasteiger partial charge in [0.1, 0.15) is 0 Å². The minimum atomic E-state index is -0.612. The second-order valence-corrected chi connectivity index (χ2v) is 7.28. The Bertz CT molecular complexity index is 973. The molecule has 1 N–H and O–H groups in total. The van der Waals surface area contributed by atoms with Crippen LogP contribution < -0.4 is 14.8 Å². The first kappa shape index (κ1) is 21.4. The molecule has 0 saturated carbocycles. The van der Waals surface area contributed by atoms with Crippen molar-refractivity contribution < 1.29 is 23.8 Å². The normalized spacial score (nSPS) is 11.4. The lowest BCUT2D eigenvalue weighted by Gasteiger charge is -2.18. The number of ether oxygens (including phenoxy) is 3. The van der Waals surface area contributed by atoms with E-state index in [1.165, 1.54) is 13.2 Å². The van der Waals surface area contributed by atoms with Crippen LogP contribution in [0.25, 0.3) is 0 Å². The van der Waals surface area contributed by atoms with Crippen molar-refractivity contribution >= 4 is 23.2 Å². The standard InChI is InChI=1S/C23H23NO5S/c1-3-28-18-12-11-17(14-19(18)27-2)23(26)29-15-21(25)24-22(20-10-7-13-30-20)16-8-5-4-6-9-16/h4-14,22H,3,15H2,1-2H3,(H,24,25).